The van der Waals surface area contributed by atoms with E-state index in [9.17, 15) is 4.79 Å². The van der Waals surface area contributed by atoms with Crippen molar-refractivity contribution in [1.82, 2.24) is 5.32 Å². The second-order valence-corrected chi connectivity index (χ2v) is 5.02. The van der Waals surface area contributed by atoms with E-state index < -0.39 is 0 Å². The van der Waals surface area contributed by atoms with Crippen LogP contribution in [0.25, 0.3) is 0 Å². The summed E-state index contributed by atoms with van der Waals surface area (Å²) in [4.78, 5) is 11.7. The SMILES string of the molecule is CCCC(C)C(=O)NC(C)C(CO)SC. The molecule has 4 heteroatoms. The van der Waals surface area contributed by atoms with E-state index in [1.807, 2.05) is 20.1 Å². The van der Waals surface area contributed by atoms with E-state index in [1.54, 1.807) is 11.8 Å². The molecule has 3 unspecified atom stereocenters. The van der Waals surface area contributed by atoms with Crippen LogP contribution >= 0.6 is 11.8 Å². The zero-order valence-corrected chi connectivity index (χ0v) is 10.9. The van der Waals surface area contributed by atoms with Gasteiger partial charge in [-0.25, -0.2) is 0 Å². The molecule has 0 radical (unpaired) electrons. The lowest BCUT2D eigenvalue weighted by Gasteiger charge is -2.23. The topological polar surface area (TPSA) is 49.3 Å². The predicted molar refractivity (Wildman–Crippen MR) is 66.1 cm³/mol. The van der Waals surface area contributed by atoms with Crippen LogP contribution in [0.1, 0.15) is 33.6 Å². The van der Waals surface area contributed by atoms with Gasteiger partial charge in [0.25, 0.3) is 0 Å². The number of carbonyl (C=O) groups excluding carboxylic acids is 1. The number of hydrogen-bond acceptors (Lipinski definition) is 3. The Kier molecular flexibility index (Phi) is 7.88. The van der Waals surface area contributed by atoms with Crippen LogP contribution in [0.15, 0.2) is 0 Å². The summed E-state index contributed by atoms with van der Waals surface area (Å²) in [6.07, 6.45) is 3.88. The zero-order valence-electron chi connectivity index (χ0n) is 10.1. The molecule has 0 saturated carbocycles. The average molecular weight is 233 g/mol. The Morgan fingerprint density at radius 1 is 1.47 bits per heavy atom. The first kappa shape index (κ1) is 14.8. The smallest absolute Gasteiger partial charge is 0.223 e. The summed E-state index contributed by atoms with van der Waals surface area (Å²) >= 11 is 1.58. The van der Waals surface area contributed by atoms with Crippen molar-refractivity contribution in [3.05, 3.63) is 0 Å². The molecule has 3 nitrogen and oxygen atoms in total. The molecule has 0 aliphatic rings. The maximum atomic E-state index is 11.7. The Morgan fingerprint density at radius 3 is 2.47 bits per heavy atom. The number of hydrogen-bond donors (Lipinski definition) is 2. The lowest BCUT2D eigenvalue weighted by molar-refractivity contribution is -0.125. The summed E-state index contributed by atoms with van der Waals surface area (Å²) in [5, 5.41) is 12.1. The van der Waals surface area contributed by atoms with Crippen molar-refractivity contribution in [2.75, 3.05) is 12.9 Å². The molecule has 1 amide bonds. The molecule has 15 heavy (non-hydrogen) atoms. The summed E-state index contributed by atoms with van der Waals surface area (Å²) in [6, 6.07) is 0.0248. The van der Waals surface area contributed by atoms with Crippen molar-refractivity contribution < 1.29 is 9.90 Å². The molecule has 0 aromatic heterocycles. The summed E-state index contributed by atoms with van der Waals surface area (Å²) in [6.45, 7) is 6.06. The highest BCUT2D eigenvalue weighted by Crippen LogP contribution is 2.12. The molecule has 0 aromatic rings. The Hall–Kier alpha value is -0.220. The highest BCUT2D eigenvalue weighted by molar-refractivity contribution is 7.99. The van der Waals surface area contributed by atoms with Gasteiger partial charge in [0, 0.05) is 17.2 Å². The molecule has 0 saturated heterocycles. The number of thioether (sulfide) groups is 1. The molecule has 0 fully saturated rings. The minimum Gasteiger partial charge on any atom is -0.395 e. The van der Waals surface area contributed by atoms with E-state index in [1.165, 1.54) is 0 Å². The van der Waals surface area contributed by atoms with Gasteiger partial charge in [-0.2, -0.15) is 11.8 Å². The van der Waals surface area contributed by atoms with Gasteiger partial charge < -0.3 is 10.4 Å². The first-order valence-corrected chi connectivity index (χ1v) is 6.79. The number of rotatable bonds is 7. The standard InChI is InChI=1S/C11H23NO2S/c1-5-6-8(2)11(14)12-9(3)10(7-13)15-4/h8-10,13H,5-7H2,1-4H3,(H,12,14). The van der Waals surface area contributed by atoms with Crippen molar-refractivity contribution in [2.24, 2.45) is 5.92 Å². The number of amides is 1. The van der Waals surface area contributed by atoms with E-state index >= 15 is 0 Å². The first-order chi connectivity index (χ1) is 7.06. The van der Waals surface area contributed by atoms with Crippen LogP contribution in [0, 0.1) is 5.92 Å². The Balaban J connectivity index is 4.04. The second-order valence-electron chi connectivity index (χ2n) is 3.94. The Bertz CT molecular complexity index is 183. The summed E-state index contributed by atoms with van der Waals surface area (Å²) < 4.78 is 0. The Morgan fingerprint density at radius 2 is 2.07 bits per heavy atom. The predicted octanol–water partition coefficient (Wildman–Crippen LogP) is 1.65. The fraction of sp³-hybridized carbons (Fsp3) is 0.909. The molecule has 0 rings (SSSR count). The minimum atomic E-state index is 0.0248. The maximum absolute atomic E-state index is 11.7. The number of aliphatic hydroxyl groups excluding tert-OH is 1. The van der Waals surface area contributed by atoms with Gasteiger partial charge >= 0.3 is 0 Å². The average Bonchev–Trinajstić information content (AvgIpc) is 2.19. The molecular weight excluding hydrogens is 210 g/mol. The second kappa shape index (κ2) is 7.99. The molecule has 0 aliphatic heterocycles. The van der Waals surface area contributed by atoms with Crippen molar-refractivity contribution in [2.45, 2.75) is 44.9 Å². The summed E-state index contributed by atoms with van der Waals surface area (Å²) in [5.41, 5.74) is 0. The van der Waals surface area contributed by atoms with Crippen molar-refractivity contribution in [1.29, 1.82) is 0 Å². The third kappa shape index (κ3) is 5.42. The van der Waals surface area contributed by atoms with Crippen LogP contribution in [0.3, 0.4) is 0 Å². The van der Waals surface area contributed by atoms with E-state index in [0.29, 0.717) is 0 Å². The highest BCUT2D eigenvalue weighted by atomic mass is 32.2. The normalized spacial score (nSPS) is 16.9. The van der Waals surface area contributed by atoms with Crippen LogP contribution in [0.2, 0.25) is 0 Å². The van der Waals surface area contributed by atoms with Gasteiger partial charge in [-0.1, -0.05) is 20.3 Å². The Labute approximate surface area is 97.0 Å². The fourth-order valence-electron chi connectivity index (χ4n) is 1.46. The van der Waals surface area contributed by atoms with Gasteiger partial charge in [0.15, 0.2) is 0 Å². The molecule has 0 bridgehead atoms. The fourth-order valence-corrected chi connectivity index (χ4v) is 2.09. The molecule has 2 N–H and O–H groups in total. The van der Waals surface area contributed by atoms with Gasteiger partial charge in [-0.05, 0) is 19.6 Å². The van der Waals surface area contributed by atoms with Gasteiger partial charge in [0.1, 0.15) is 0 Å². The van der Waals surface area contributed by atoms with E-state index in [-0.39, 0.29) is 29.7 Å². The maximum Gasteiger partial charge on any atom is 0.223 e. The quantitative estimate of drug-likeness (QED) is 0.703. The minimum absolute atomic E-state index is 0.0248. The van der Waals surface area contributed by atoms with Crippen molar-refractivity contribution in [3.63, 3.8) is 0 Å². The van der Waals surface area contributed by atoms with Crippen LogP contribution in [-0.2, 0) is 4.79 Å². The monoisotopic (exact) mass is 233 g/mol. The van der Waals surface area contributed by atoms with Crippen LogP contribution in [-0.4, -0.2) is 35.2 Å². The van der Waals surface area contributed by atoms with Gasteiger partial charge in [-0.3, -0.25) is 4.79 Å². The molecule has 0 spiro atoms. The number of nitrogens with one attached hydrogen (secondary N) is 1. The summed E-state index contributed by atoms with van der Waals surface area (Å²) in [5.74, 6) is 0.162. The molecule has 90 valence electrons. The van der Waals surface area contributed by atoms with Crippen LogP contribution in [0.4, 0.5) is 0 Å². The summed E-state index contributed by atoms with van der Waals surface area (Å²) in [7, 11) is 0. The molecule has 0 aromatic carbocycles. The molecular formula is C11H23NO2S. The lowest BCUT2D eigenvalue weighted by atomic mass is 10.0. The van der Waals surface area contributed by atoms with Crippen molar-refractivity contribution in [3.8, 4) is 0 Å². The molecule has 0 heterocycles. The van der Waals surface area contributed by atoms with Gasteiger partial charge in [0.2, 0.25) is 5.91 Å². The zero-order chi connectivity index (χ0) is 11.8. The number of carbonyl (C=O) groups is 1. The largest absolute Gasteiger partial charge is 0.395 e. The number of aliphatic hydroxyl groups is 1. The van der Waals surface area contributed by atoms with Crippen LogP contribution < -0.4 is 5.32 Å². The van der Waals surface area contributed by atoms with E-state index in [0.717, 1.165) is 12.8 Å². The first-order valence-electron chi connectivity index (χ1n) is 5.50. The van der Waals surface area contributed by atoms with Gasteiger partial charge in [-0.15, -0.1) is 0 Å². The van der Waals surface area contributed by atoms with E-state index in [2.05, 4.69) is 12.2 Å². The third-order valence-electron chi connectivity index (χ3n) is 2.58. The molecule has 3 atom stereocenters. The third-order valence-corrected chi connectivity index (χ3v) is 3.74. The van der Waals surface area contributed by atoms with Crippen LogP contribution in [0.5, 0.6) is 0 Å². The van der Waals surface area contributed by atoms with E-state index in [4.69, 9.17) is 5.11 Å². The lowest BCUT2D eigenvalue weighted by Crippen LogP contribution is -2.43. The molecule has 0 aliphatic carbocycles. The van der Waals surface area contributed by atoms with Gasteiger partial charge in [0.05, 0.1) is 6.61 Å². The van der Waals surface area contributed by atoms with Crippen molar-refractivity contribution >= 4 is 17.7 Å². The highest BCUT2D eigenvalue weighted by Gasteiger charge is 2.19.